The number of aryl methyl sites for hydroxylation is 1. The molecule has 0 aromatic heterocycles. The first-order valence-electron chi connectivity index (χ1n) is 12.6. The van der Waals surface area contributed by atoms with E-state index in [0.717, 1.165) is 74.8 Å². The first kappa shape index (κ1) is 24.8. The van der Waals surface area contributed by atoms with Crippen molar-refractivity contribution >= 4 is 5.91 Å². The average Bonchev–Trinajstić information content (AvgIpc) is 3.28. The molecule has 1 aromatic carbocycles. The number of hydrogen-bond acceptors (Lipinski definition) is 4. The highest BCUT2D eigenvalue weighted by Gasteiger charge is 2.48. The molecule has 1 aliphatic heterocycles. The Bertz CT molecular complexity index is 762. The number of hydrogen-bond donors (Lipinski definition) is 3. The molecule has 0 radical (unpaired) electrons. The Kier molecular flexibility index (Phi) is 9.61. The van der Waals surface area contributed by atoms with Gasteiger partial charge in [0.1, 0.15) is 11.9 Å². The smallest absolute Gasteiger partial charge is 0.220 e. The predicted molar refractivity (Wildman–Crippen MR) is 128 cm³/mol. The zero-order valence-corrected chi connectivity index (χ0v) is 19.8. The van der Waals surface area contributed by atoms with Crippen LogP contribution in [0.25, 0.3) is 0 Å². The maximum absolute atomic E-state index is 12.0. The summed E-state index contributed by atoms with van der Waals surface area (Å²) < 4.78 is 6.33. The number of rotatable bonds is 13. The lowest BCUT2D eigenvalue weighted by Gasteiger charge is -2.18. The van der Waals surface area contributed by atoms with E-state index in [1.807, 2.05) is 12.2 Å². The Hall–Kier alpha value is -1.85. The summed E-state index contributed by atoms with van der Waals surface area (Å²) >= 11 is 0. The van der Waals surface area contributed by atoms with Gasteiger partial charge in [-0.15, -0.1) is 0 Å². The summed E-state index contributed by atoms with van der Waals surface area (Å²) in [6.07, 6.45) is 11.9. The SMILES string of the molecule is CCCCC[C@H](O)C=C[C@@H]1[C@H]2c3cccc(CCCC(=O)NCCCC)c3O[C@H]2C[C@H]1O. The second kappa shape index (κ2) is 12.4. The number of carbonyl (C=O) groups excluding carboxylic acids is 1. The van der Waals surface area contributed by atoms with Crippen LogP contribution in [0, 0.1) is 5.92 Å². The highest BCUT2D eigenvalue weighted by molar-refractivity contribution is 5.75. The van der Waals surface area contributed by atoms with Crippen LogP contribution in [-0.2, 0) is 11.2 Å². The van der Waals surface area contributed by atoms with E-state index in [1.165, 1.54) is 0 Å². The Labute approximate surface area is 193 Å². The fourth-order valence-electron chi connectivity index (χ4n) is 5.05. The average molecular weight is 444 g/mol. The molecule has 3 N–H and O–H groups in total. The van der Waals surface area contributed by atoms with Crippen LogP contribution in [0.3, 0.4) is 0 Å². The third-order valence-corrected chi connectivity index (χ3v) is 6.85. The number of ether oxygens (including phenoxy) is 1. The van der Waals surface area contributed by atoms with Gasteiger partial charge in [-0.1, -0.05) is 69.9 Å². The van der Waals surface area contributed by atoms with Gasteiger partial charge in [0.25, 0.3) is 0 Å². The lowest BCUT2D eigenvalue weighted by atomic mass is 9.86. The van der Waals surface area contributed by atoms with E-state index in [4.69, 9.17) is 4.74 Å². The summed E-state index contributed by atoms with van der Waals surface area (Å²) in [6.45, 7) is 5.03. The van der Waals surface area contributed by atoms with Gasteiger partial charge in [0.15, 0.2) is 0 Å². The van der Waals surface area contributed by atoms with Crippen LogP contribution < -0.4 is 10.1 Å². The lowest BCUT2D eigenvalue weighted by molar-refractivity contribution is -0.121. The maximum atomic E-state index is 12.0. The van der Waals surface area contributed by atoms with E-state index in [-0.39, 0.29) is 23.8 Å². The summed E-state index contributed by atoms with van der Waals surface area (Å²) in [5.41, 5.74) is 2.31. The second-order valence-electron chi connectivity index (χ2n) is 9.40. The van der Waals surface area contributed by atoms with E-state index in [2.05, 4.69) is 37.4 Å². The predicted octanol–water partition coefficient (Wildman–Crippen LogP) is 4.65. The molecule has 178 valence electrons. The normalized spacial score (nSPS) is 24.9. The van der Waals surface area contributed by atoms with Gasteiger partial charge in [-0.05, 0) is 31.2 Å². The van der Waals surface area contributed by atoms with Gasteiger partial charge in [0, 0.05) is 36.8 Å². The van der Waals surface area contributed by atoms with E-state index in [9.17, 15) is 15.0 Å². The zero-order chi connectivity index (χ0) is 22.9. The summed E-state index contributed by atoms with van der Waals surface area (Å²) in [5, 5.41) is 23.9. The number of unbranched alkanes of at least 4 members (excludes halogenated alkanes) is 3. The molecule has 5 heteroatoms. The highest BCUT2D eigenvalue weighted by Crippen LogP contribution is 2.52. The minimum atomic E-state index is -0.454. The molecule has 2 aliphatic rings. The molecule has 0 bridgehead atoms. The van der Waals surface area contributed by atoms with Crippen LogP contribution in [0.2, 0.25) is 0 Å². The third kappa shape index (κ3) is 6.35. The lowest BCUT2D eigenvalue weighted by Crippen LogP contribution is -2.24. The Morgan fingerprint density at radius 1 is 1.22 bits per heavy atom. The van der Waals surface area contributed by atoms with E-state index in [0.29, 0.717) is 12.8 Å². The van der Waals surface area contributed by atoms with Crippen molar-refractivity contribution in [1.29, 1.82) is 0 Å². The van der Waals surface area contributed by atoms with Gasteiger partial charge < -0.3 is 20.3 Å². The minimum absolute atomic E-state index is 0.0228. The number of aliphatic hydroxyl groups excluding tert-OH is 2. The number of nitrogens with one attached hydrogen (secondary N) is 1. The van der Waals surface area contributed by atoms with Crippen LogP contribution >= 0.6 is 0 Å². The van der Waals surface area contributed by atoms with Crippen LogP contribution in [0.4, 0.5) is 0 Å². The molecule has 0 saturated heterocycles. The van der Waals surface area contributed by atoms with Crippen molar-refractivity contribution in [1.82, 2.24) is 5.32 Å². The van der Waals surface area contributed by atoms with Crippen LogP contribution in [-0.4, -0.2) is 41.0 Å². The molecule has 1 aromatic rings. The molecule has 5 atom stereocenters. The van der Waals surface area contributed by atoms with Crippen LogP contribution in [0.15, 0.2) is 30.4 Å². The van der Waals surface area contributed by atoms with Crippen molar-refractivity contribution in [3.63, 3.8) is 0 Å². The summed E-state index contributed by atoms with van der Waals surface area (Å²) in [4.78, 5) is 12.0. The number of para-hydroxylation sites is 1. The number of fused-ring (bicyclic) bond motifs is 3. The van der Waals surface area contributed by atoms with Gasteiger partial charge in [-0.2, -0.15) is 0 Å². The minimum Gasteiger partial charge on any atom is -0.489 e. The topological polar surface area (TPSA) is 78.8 Å². The molecule has 0 unspecified atom stereocenters. The number of benzene rings is 1. The molecule has 1 fully saturated rings. The molecule has 1 heterocycles. The van der Waals surface area contributed by atoms with Crippen LogP contribution in [0.5, 0.6) is 5.75 Å². The maximum Gasteiger partial charge on any atom is 0.220 e. The van der Waals surface area contributed by atoms with E-state index >= 15 is 0 Å². The van der Waals surface area contributed by atoms with Gasteiger partial charge in [-0.3, -0.25) is 4.79 Å². The summed E-state index contributed by atoms with van der Waals surface area (Å²) in [6, 6.07) is 6.26. The molecule has 1 aliphatic carbocycles. The monoisotopic (exact) mass is 443 g/mol. The Morgan fingerprint density at radius 2 is 2.03 bits per heavy atom. The van der Waals surface area contributed by atoms with Crippen molar-refractivity contribution in [2.45, 2.75) is 102 Å². The first-order valence-corrected chi connectivity index (χ1v) is 12.6. The fourth-order valence-corrected chi connectivity index (χ4v) is 5.05. The van der Waals surface area contributed by atoms with Gasteiger partial charge in [-0.25, -0.2) is 0 Å². The molecule has 0 spiro atoms. The quantitative estimate of drug-likeness (QED) is 0.306. The standard InChI is InChI=1S/C27H41NO4/c1-3-5-7-12-20(29)15-16-21-23(30)18-24-26(21)22-13-8-10-19(27(22)32-24)11-9-14-25(31)28-17-6-4-2/h8,10,13,15-16,20-21,23-24,26,29-30H,3-7,9,11-12,14,17-18H2,1-2H3,(H,28,31)/t20-,21-,23+,24-,26-/m0/s1. The molecule has 1 amide bonds. The zero-order valence-electron chi connectivity index (χ0n) is 19.8. The molecule has 3 rings (SSSR count). The second-order valence-corrected chi connectivity index (χ2v) is 9.40. The van der Waals surface area contributed by atoms with Crippen molar-refractivity contribution in [2.75, 3.05) is 6.54 Å². The fraction of sp³-hybridized carbons (Fsp3) is 0.667. The van der Waals surface area contributed by atoms with Gasteiger partial charge >= 0.3 is 0 Å². The number of amides is 1. The molecular weight excluding hydrogens is 402 g/mol. The Morgan fingerprint density at radius 3 is 2.81 bits per heavy atom. The van der Waals surface area contributed by atoms with Crippen molar-refractivity contribution in [2.24, 2.45) is 5.92 Å². The number of aliphatic hydroxyl groups is 2. The largest absolute Gasteiger partial charge is 0.489 e. The molecule has 1 saturated carbocycles. The van der Waals surface area contributed by atoms with Crippen molar-refractivity contribution in [3.8, 4) is 5.75 Å². The van der Waals surface area contributed by atoms with Crippen LogP contribution in [0.1, 0.15) is 88.7 Å². The third-order valence-electron chi connectivity index (χ3n) is 6.85. The van der Waals surface area contributed by atoms with Gasteiger partial charge in [0.2, 0.25) is 5.91 Å². The summed E-state index contributed by atoms with van der Waals surface area (Å²) in [5.74, 6) is 1.15. The van der Waals surface area contributed by atoms with Crippen molar-refractivity contribution < 1.29 is 19.7 Å². The summed E-state index contributed by atoms with van der Waals surface area (Å²) in [7, 11) is 0. The highest BCUT2D eigenvalue weighted by atomic mass is 16.5. The van der Waals surface area contributed by atoms with Crippen molar-refractivity contribution in [3.05, 3.63) is 41.5 Å². The molecule has 32 heavy (non-hydrogen) atoms. The van der Waals surface area contributed by atoms with E-state index in [1.54, 1.807) is 0 Å². The first-order chi connectivity index (χ1) is 15.5. The van der Waals surface area contributed by atoms with Gasteiger partial charge in [0.05, 0.1) is 12.2 Å². The Balaban J connectivity index is 1.60. The number of carbonyl (C=O) groups is 1. The molecule has 5 nitrogen and oxygen atoms in total. The molecular formula is C27H41NO4. The van der Waals surface area contributed by atoms with E-state index < -0.39 is 12.2 Å².